The molecule has 0 bridgehead atoms. The predicted molar refractivity (Wildman–Crippen MR) is 63.2 cm³/mol. The van der Waals surface area contributed by atoms with E-state index in [-0.39, 0.29) is 24.2 Å². The molecule has 2 rings (SSSR count). The van der Waals surface area contributed by atoms with Crippen molar-refractivity contribution in [3.8, 4) is 5.75 Å². The van der Waals surface area contributed by atoms with Gasteiger partial charge in [0.05, 0.1) is 0 Å². The van der Waals surface area contributed by atoms with E-state index in [0.29, 0.717) is 6.54 Å². The summed E-state index contributed by atoms with van der Waals surface area (Å²) in [7, 11) is 0. The summed E-state index contributed by atoms with van der Waals surface area (Å²) in [5.74, 6) is -0.415. The van der Waals surface area contributed by atoms with Crippen LogP contribution in [-0.2, 0) is 6.54 Å². The fraction of sp³-hybridized carbons (Fsp3) is 0.455. The third-order valence-electron chi connectivity index (χ3n) is 2.66. The standard InChI is InChI=1S/C11H15FN2O.ClH/c12-9-3-8(4-11(15)5-9)6-14-2-1-10(13)7-14;/h3-5,10,15H,1-2,6-7,13H2;1H. The number of rotatable bonds is 2. The lowest BCUT2D eigenvalue weighted by Crippen LogP contribution is -2.26. The van der Waals surface area contributed by atoms with Gasteiger partial charge in [-0.15, -0.1) is 12.4 Å². The number of aromatic hydroxyl groups is 1. The van der Waals surface area contributed by atoms with Gasteiger partial charge >= 0.3 is 0 Å². The first-order chi connectivity index (χ1) is 7.13. The minimum Gasteiger partial charge on any atom is -0.508 e. The van der Waals surface area contributed by atoms with Crippen LogP contribution in [0.2, 0.25) is 0 Å². The largest absolute Gasteiger partial charge is 0.508 e. The van der Waals surface area contributed by atoms with Crippen LogP contribution >= 0.6 is 12.4 Å². The van der Waals surface area contributed by atoms with E-state index in [9.17, 15) is 9.50 Å². The number of benzene rings is 1. The fourth-order valence-electron chi connectivity index (χ4n) is 1.99. The van der Waals surface area contributed by atoms with Gasteiger partial charge in [-0.2, -0.15) is 0 Å². The predicted octanol–water partition coefficient (Wildman–Crippen LogP) is 1.49. The van der Waals surface area contributed by atoms with Gasteiger partial charge in [-0.05, 0) is 24.1 Å². The second-order valence-electron chi connectivity index (χ2n) is 4.10. The molecule has 5 heteroatoms. The molecule has 3 nitrogen and oxygen atoms in total. The van der Waals surface area contributed by atoms with Crippen molar-refractivity contribution in [2.45, 2.75) is 19.0 Å². The first kappa shape index (κ1) is 13.2. The number of likely N-dealkylation sites (tertiary alicyclic amines) is 1. The maximum Gasteiger partial charge on any atom is 0.127 e. The molecule has 0 amide bonds. The van der Waals surface area contributed by atoms with Gasteiger partial charge in [0.15, 0.2) is 0 Å². The summed E-state index contributed by atoms with van der Waals surface area (Å²) in [5.41, 5.74) is 6.57. The van der Waals surface area contributed by atoms with E-state index in [1.165, 1.54) is 6.07 Å². The van der Waals surface area contributed by atoms with Crippen LogP contribution < -0.4 is 5.73 Å². The fourth-order valence-corrected chi connectivity index (χ4v) is 1.99. The summed E-state index contributed by atoms with van der Waals surface area (Å²) in [5, 5.41) is 9.24. The molecule has 1 unspecified atom stereocenters. The molecular formula is C11H16ClFN2O. The van der Waals surface area contributed by atoms with Gasteiger partial charge in [0.1, 0.15) is 11.6 Å². The second kappa shape index (κ2) is 5.48. The Bertz CT molecular complexity index is 342. The molecule has 1 heterocycles. The summed E-state index contributed by atoms with van der Waals surface area (Å²) < 4.78 is 13.0. The zero-order chi connectivity index (χ0) is 10.8. The van der Waals surface area contributed by atoms with Crippen LogP contribution in [0.15, 0.2) is 18.2 Å². The Morgan fingerprint density at radius 2 is 2.19 bits per heavy atom. The van der Waals surface area contributed by atoms with Gasteiger partial charge < -0.3 is 10.8 Å². The number of phenolic OH excluding ortho intramolecular Hbond substituents is 1. The molecule has 1 saturated heterocycles. The van der Waals surface area contributed by atoms with Crippen molar-refractivity contribution in [3.05, 3.63) is 29.6 Å². The van der Waals surface area contributed by atoms with Gasteiger partial charge in [-0.3, -0.25) is 4.90 Å². The smallest absolute Gasteiger partial charge is 0.127 e. The molecule has 3 N–H and O–H groups in total. The highest BCUT2D eigenvalue weighted by molar-refractivity contribution is 5.85. The third kappa shape index (κ3) is 3.33. The maximum absolute atomic E-state index is 13.0. The van der Waals surface area contributed by atoms with Gasteiger partial charge in [0.25, 0.3) is 0 Å². The molecule has 1 aliphatic rings. The third-order valence-corrected chi connectivity index (χ3v) is 2.66. The van der Waals surface area contributed by atoms with Gasteiger partial charge in [-0.25, -0.2) is 4.39 Å². The minimum absolute atomic E-state index is 0. The maximum atomic E-state index is 13.0. The van der Waals surface area contributed by atoms with Crippen LogP contribution in [0.4, 0.5) is 4.39 Å². The van der Waals surface area contributed by atoms with Crippen LogP contribution in [0.25, 0.3) is 0 Å². The number of hydrogen-bond donors (Lipinski definition) is 2. The average Bonchev–Trinajstić information content (AvgIpc) is 2.49. The molecule has 1 aromatic carbocycles. The number of nitrogens with zero attached hydrogens (tertiary/aromatic N) is 1. The second-order valence-corrected chi connectivity index (χ2v) is 4.10. The number of nitrogens with two attached hydrogens (primary N) is 1. The first-order valence-corrected chi connectivity index (χ1v) is 5.10. The summed E-state index contributed by atoms with van der Waals surface area (Å²) in [6.45, 7) is 2.44. The molecule has 1 fully saturated rings. The van der Waals surface area contributed by atoms with Gasteiger partial charge in [0, 0.05) is 31.7 Å². The monoisotopic (exact) mass is 246 g/mol. The normalized spacial score (nSPS) is 20.8. The van der Waals surface area contributed by atoms with E-state index in [4.69, 9.17) is 5.73 Å². The van der Waals surface area contributed by atoms with E-state index in [1.807, 2.05) is 0 Å². The van der Waals surface area contributed by atoms with Gasteiger partial charge in [-0.1, -0.05) is 0 Å². The van der Waals surface area contributed by atoms with E-state index in [1.54, 1.807) is 6.07 Å². The van der Waals surface area contributed by atoms with Crippen LogP contribution in [0.5, 0.6) is 5.75 Å². The van der Waals surface area contributed by atoms with E-state index >= 15 is 0 Å². The summed E-state index contributed by atoms with van der Waals surface area (Å²) in [4.78, 5) is 2.17. The number of hydrogen-bond acceptors (Lipinski definition) is 3. The molecule has 0 aliphatic carbocycles. The number of halogens is 2. The molecule has 0 saturated carbocycles. The summed E-state index contributed by atoms with van der Waals surface area (Å²) >= 11 is 0. The van der Waals surface area contributed by atoms with Crippen LogP contribution in [0, 0.1) is 5.82 Å². The minimum atomic E-state index is -0.395. The quantitative estimate of drug-likeness (QED) is 0.831. The Morgan fingerprint density at radius 1 is 1.44 bits per heavy atom. The van der Waals surface area contributed by atoms with Crippen molar-refractivity contribution in [2.75, 3.05) is 13.1 Å². The molecule has 0 aromatic heterocycles. The zero-order valence-corrected chi connectivity index (χ0v) is 9.71. The molecule has 1 atom stereocenters. The topological polar surface area (TPSA) is 49.5 Å². The van der Waals surface area contributed by atoms with Crippen LogP contribution in [-0.4, -0.2) is 29.1 Å². The van der Waals surface area contributed by atoms with Crippen molar-refractivity contribution in [1.82, 2.24) is 4.90 Å². The van der Waals surface area contributed by atoms with Gasteiger partial charge in [0.2, 0.25) is 0 Å². The molecular weight excluding hydrogens is 231 g/mol. The van der Waals surface area contributed by atoms with Crippen LogP contribution in [0.1, 0.15) is 12.0 Å². The highest BCUT2D eigenvalue weighted by atomic mass is 35.5. The molecule has 0 spiro atoms. The summed E-state index contributed by atoms with van der Waals surface area (Å²) in [6, 6.07) is 4.38. The molecule has 1 aromatic rings. The Morgan fingerprint density at radius 3 is 2.75 bits per heavy atom. The molecule has 0 radical (unpaired) electrons. The van der Waals surface area contributed by atoms with Crippen molar-refractivity contribution in [2.24, 2.45) is 5.73 Å². The lowest BCUT2D eigenvalue weighted by molar-refractivity contribution is 0.325. The Labute approximate surface area is 100 Å². The lowest BCUT2D eigenvalue weighted by atomic mass is 10.2. The zero-order valence-electron chi connectivity index (χ0n) is 8.90. The van der Waals surface area contributed by atoms with Crippen molar-refractivity contribution < 1.29 is 9.50 Å². The lowest BCUT2D eigenvalue weighted by Gasteiger charge is -2.15. The Kier molecular flexibility index (Phi) is 4.53. The average molecular weight is 247 g/mol. The van der Waals surface area contributed by atoms with Crippen molar-refractivity contribution in [3.63, 3.8) is 0 Å². The highest BCUT2D eigenvalue weighted by Gasteiger charge is 2.19. The molecule has 16 heavy (non-hydrogen) atoms. The van der Waals surface area contributed by atoms with E-state index < -0.39 is 5.82 Å². The van der Waals surface area contributed by atoms with Crippen molar-refractivity contribution >= 4 is 12.4 Å². The molecule has 1 aliphatic heterocycles. The Hall–Kier alpha value is -0.840. The molecule has 90 valence electrons. The number of phenols is 1. The SMILES string of the molecule is Cl.NC1CCN(Cc2cc(O)cc(F)c2)C1. The van der Waals surface area contributed by atoms with E-state index in [2.05, 4.69) is 4.90 Å². The summed E-state index contributed by atoms with van der Waals surface area (Å²) in [6.07, 6.45) is 0.987. The Balaban J connectivity index is 0.00000128. The van der Waals surface area contributed by atoms with Crippen LogP contribution in [0.3, 0.4) is 0 Å². The first-order valence-electron chi connectivity index (χ1n) is 5.10. The highest BCUT2D eigenvalue weighted by Crippen LogP contribution is 2.18. The van der Waals surface area contributed by atoms with E-state index in [0.717, 1.165) is 31.1 Å². The van der Waals surface area contributed by atoms with Crippen molar-refractivity contribution in [1.29, 1.82) is 0 Å².